The first-order valence-electron chi connectivity index (χ1n) is 10.3. The monoisotopic (exact) mass is 456 g/mol. The molecular weight excluding hydrogens is 416 g/mol. The fourth-order valence-corrected chi connectivity index (χ4v) is 2.58. The molecule has 0 saturated heterocycles. The molecule has 1 N–H and O–H groups in total. The second-order valence-electron chi connectivity index (χ2n) is 7.08. The lowest BCUT2D eigenvalue weighted by molar-refractivity contribution is -0.142. The Balaban J connectivity index is 3.04. The maximum atomic E-state index is 10.2. The molecule has 0 unspecified atom stereocenters. The molecule has 0 amide bonds. The predicted octanol–water partition coefficient (Wildman–Crippen LogP) is 1.04. The number of ether oxygens (including phenoxy) is 7. The average molecular weight is 457 g/mol. The quantitative estimate of drug-likeness (QED) is 0.167. The summed E-state index contributed by atoms with van der Waals surface area (Å²) in [6, 6.07) is 0. The van der Waals surface area contributed by atoms with Gasteiger partial charge in [0.15, 0.2) is 8.32 Å². The average Bonchev–Trinajstić information content (AvgIpc) is 2.67. The maximum absolute atomic E-state index is 10.2. The molecule has 0 radical (unpaired) electrons. The third-order valence-electron chi connectivity index (χ3n) is 3.22. The number of carbonyl (C=O) groups is 1. The Kier molecular flexibility index (Phi) is 21.1. The number of aliphatic carboxylic acids is 1. The molecule has 0 rings (SSSR count). The van der Waals surface area contributed by atoms with Crippen molar-refractivity contribution in [2.24, 2.45) is 0 Å². The van der Waals surface area contributed by atoms with E-state index < -0.39 is 14.3 Å². The van der Waals surface area contributed by atoms with Gasteiger partial charge in [0.25, 0.3) is 0 Å². The van der Waals surface area contributed by atoms with Gasteiger partial charge in [0, 0.05) is 0 Å². The van der Waals surface area contributed by atoms with Crippen LogP contribution in [-0.4, -0.2) is 118 Å². The van der Waals surface area contributed by atoms with Crippen LogP contribution in [0.2, 0.25) is 19.6 Å². The molecule has 0 aliphatic rings. The lowest BCUT2D eigenvalue weighted by atomic mass is 10.6. The van der Waals surface area contributed by atoms with Crippen LogP contribution in [0.15, 0.2) is 0 Å². The molecule has 180 valence electrons. The molecule has 0 saturated carbocycles. The number of carboxylic acids is 1. The van der Waals surface area contributed by atoms with E-state index in [1.165, 1.54) is 0 Å². The molecule has 0 aromatic heterocycles. The molecular formula is C19H40O10Si. The van der Waals surface area contributed by atoms with Gasteiger partial charge in [0.2, 0.25) is 0 Å². The van der Waals surface area contributed by atoms with Crippen molar-refractivity contribution < 1.29 is 47.5 Å². The van der Waals surface area contributed by atoms with Crippen molar-refractivity contribution >= 4 is 14.3 Å². The van der Waals surface area contributed by atoms with Crippen molar-refractivity contribution in [2.45, 2.75) is 19.6 Å². The van der Waals surface area contributed by atoms with Gasteiger partial charge in [0.1, 0.15) is 6.61 Å². The summed E-state index contributed by atoms with van der Waals surface area (Å²) in [6.45, 7) is 13.0. The van der Waals surface area contributed by atoms with Gasteiger partial charge in [0.05, 0.1) is 92.5 Å². The molecule has 0 atom stereocenters. The smallest absolute Gasteiger partial charge is 0.329 e. The van der Waals surface area contributed by atoms with E-state index >= 15 is 0 Å². The topological polar surface area (TPSA) is 111 Å². The third-order valence-corrected chi connectivity index (χ3v) is 4.29. The van der Waals surface area contributed by atoms with Crippen molar-refractivity contribution in [3.8, 4) is 0 Å². The van der Waals surface area contributed by atoms with Crippen LogP contribution < -0.4 is 0 Å². The van der Waals surface area contributed by atoms with Crippen molar-refractivity contribution in [2.75, 3.05) is 99.1 Å². The Morgan fingerprint density at radius 1 is 0.533 bits per heavy atom. The van der Waals surface area contributed by atoms with Crippen LogP contribution in [0.4, 0.5) is 0 Å². The van der Waals surface area contributed by atoms with Gasteiger partial charge in [-0.25, -0.2) is 4.79 Å². The maximum Gasteiger partial charge on any atom is 0.329 e. The highest BCUT2D eigenvalue weighted by atomic mass is 28.4. The highest BCUT2D eigenvalue weighted by molar-refractivity contribution is 6.69. The Hall–Kier alpha value is -0.633. The summed E-state index contributed by atoms with van der Waals surface area (Å²) in [4.78, 5) is 10.2. The van der Waals surface area contributed by atoms with Gasteiger partial charge in [-0.05, 0) is 19.6 Å². The van der Waals surface area contributed by atoms with Crippen molar-refractivity contribution in [1.29, 1.82) is 0 Å². The van der Waals surface area contributed by atoms with Crippen molar-refractivity contribution in [3.05, 3.63) is 0 Å². The van der Waals surface area contributed by atoms with E-state index in [0.717, 1.165) is 0 Å². The lowest BCUT2D eigenvalue weighted by Gasteiger charge is -2.16. The highest BCUT2D eigenvalue weighted by Gasteiger charge is 2.12. The summed E-state index contributed by atoms with van der Waals surface area (Å²) >= 11 is 0. The first-order chi connectivity index (χ1) is 14.4. The van der Waals surface area contributed by atoms with Gasteiger partial charge >= 0.3 is 5.97 Å². The number of hydrogen-bond donors (Lipinski definition) is 1. The molecule has 10 nitrogen and oxygen atoms in total. The molecule has 0 aliphatic carbocycles. The van der Waals surface area contributed by atoms with E-state index in [-0.39, 0.29) is 13.2 Å². The number of carboxylic acid groups (broad SMARTS) is 1. The largest absolute Gasteiger partial charge is 0.480 e. The van der Waals surface area contributed by atoms with E-state index in [1.807, 2.05) is 0 Å². The minimum atomic E-state index is -1.44. The Morgan fingerprint density at radius 3 is 1.07 bits per heavy atom. The summed E-state index contributed by atoms with van der Waals surface area (Å²) in [5, 5.41) is 8.38. The fraction of sp³-hybridized carbons (Fsp3) is 0.947. The molecule has 0 spiro atoms. The molecule has 30 heavy (non-hydrogen) atoms. The van der Waals surface area contributed by atoms with Crippen LogP contribution in [0.25, 0.3) is 0 Å². The van der Waals surface area contributed by atoms with Crippen LogP contribution in [0.1, 0.15) is 0 Å². The van der Waals surface area contributed by atoms with Crippen LogP contribution in [-0.2, 0) is 42.4 Å². The summed E-state index contributed by atoms with van der Waals surface area (Å²) in [7, 11) is -1.44. The van der Waals surface area contributed by atoms with Gasteiger partial charge in [-0.2, -0.15) is 0 Å². The van der Waals surface area contributed by atoms with Crippen LogP contribution in [0.3, 0.4) is 0 Å². The van der Waals surface area contributed by atoms with Crippen molar-refractivity contribution in [3.63, 3.8) is 0 Å². The predicted molar refractivity (Wildman–Crippen MR) is 113 cm³/mol. The van der Waals surface area contributed by atoms with Crippen LogP contribution >= 0.6 is 0 Å². The molecule has 0 fully saturated rings. The van der Waals surface area contributed by atoms with E-state index in [1.54, 1.807) is 0 Å². The zero-order chi connectivity index (χ0) is 22.3. The summed E-state index contributed by atoms with van der Waals surface area (Å²) in [6.07, 6.45) is 0. The standard InChI is InChI=1S/C19H40O10Si/c1-30(2,3)29-17-16-27-13-12-25-9-8-23-5-4-22-6-7-24-10-11-26-14-15-28-18-19(20)21/h4-18H2,1-3H3,(H,20,21). The molecule has 11 heteroatoms. The molecule has 0 heterocycles. The molecule has 0 bridgehead atoms. The van der Waals surface area contributed by atoms with Gasteiger partial charge in [-0.15, -0.1) is 0 Å². The third kappa shape index (κ3) is 27.4. The first kappa shape index (κ1) is 29.4. The molecule has 0 aromatic rings. The SMILES string of the molecule is C[Si](C)(C)OCCOCCOCCOCCOCCOCCOCCOCC(=O)O. The van der Waals surface area contributed by atoms with E-state index in [4.69, 9.17) is 42.7 Å². The van der Waals surface area contributed by atoms with Gasteiger partial charge in [-0.3, -0.25) is 0 Å². The second kappa shape index (κ2) is 21.6. The van der Waals surface area contributed by atoms with Crippen molar-refractivity contribution in [1.82, 2.24) is 0 Å². The second-order valence-corrected chi connectivity index (χ2v) is 11.6. The van der Waals surface area contributed by atoms with E-state index in [9.17, 15) is 4.79 Å². The Labute approximate surface area is 181 Å². The zero-order valence-corrected chi connectivity index (χ0v) is 19.7. The summed E-state index contributed by atoms with van der Waals surface area (Å²) in [5.74, 6) is -0.989. The molecule has 0 aromatic carbocycles. The van der Waals surface area contributed by atoms with E-state index in [0.29, 0.717) is 85.9 Å². The minimum Gasteiger partial charge on any atom is -0.480 e. The van der Waals surface area contributed by atoms with Crippen LogP contribution in [0.5, 0.6) is 0 Å². The fourth-order valence-electron chi connectivity index (χ4n) is 1.89. The van der Waals surface area contributed by atoms with Crippen LogP contribution in [0, 0.1) is 0 Å². The molecule has 0 aliphatic heterocycles. The summed E-state index contributed by atoms with van der Waals surface area (Å²) < 4.78 is 42.7. The Bertz CT molecular complexity index is 379. The highest BCUT2D eigenvalue weighted by Crippen LogP contribution is 2.01. The Morgan fingerprint density at radius 2 is 0.800 bits per heavy atom. The number of hydrogen-bond acceptors (Lipinski definition) is 9. The minimum absolute atomic E-state index is 0.252. The first-order valence-corrected chi connectivity index (χ1v) is 13.7. The van der Waals surface area contributed by atoms with Gasteiger partial charge in [-0.1, -0.05) is 0 Å². The summed E-state index contributed by atoms with van der Waals surface area (Å²) in [5.41, 5.74) is 0. The number of rotatable bonds is 24. The lowest BCUT2D eigenvalue weighted by Crippen LogP contribution is -2.27. The normalized spacial score (nSPS) is 11.8. The van der Waals surface area contributed by atoms with Gasteiger partial charge < -0.3 is 42.7 Å². The van der Waals surface area contributed by atoms with E-state index in [2.05, 4.69) is 19.6 Å². The zero-order valence-electron chi connectivity index (χ0n) is 18.7.